The smallest absolute Gasteiger partial charge is 0.269 e. The number of halogens is 1. The van der Waals surface area contributed by atoms with Crippen LogP contribution in [0, 0.1) is 0 Å². The van der Waals surface area contributed by atoms with Crippen LogP contribution in [0.2, 0.25) is 0 Å². The van der Waals surface area contributed by atoms with E-state index in [1.807, 2.05) is 49.3 Å². The zero-order chi connectivity index (χ0) is 15.9. The van der Waals surface area contributed by atoms with Crippen LogP contribution < -0.4 is 10.6 Å². The van der Waals surface area contributed by atoms with Gasteiger partial charge in [0.25, 0.3) is 5.91 Å². The van der Waals surface area contributed by atoms with Crippen LogP contribution in [-0.4, -0.2) is 43.0 Å². The predicted molar refractivity (Wildman–Crippen MR) is 92.5 cm³/mol. The molecule has 0 radical (unpaired) electrons. The zero-order valence-electron chi connectivity index (χ0n) is 12.6. The van der Waals surface area contributed by atoms with Crippen LogP contribution in [0.1, 0.15) is 10.5 Å². The normalized spacial score (nSPS) is 10.5. The van der Waals surface area contributed by atoms with Crippen molar-refractivity contribution in [3.63, 3.8) is 0 Å². The summed E-state index contributed by atoms with van der Waals surface area (Å²) >= 11 is 3.49. The number of likely N-dealkylation sites (N-methyl/N-ethyl adjacent to an activating group) is 1. The van der Waals surface area contributed by atoms with E-state index in [-0.39, 0.29) is 5.91 Å². The second-order valence-electron chi connectivity index (χ2n) is 5.09. The minimum Gasteiger partial charge on any atom is -0.354 e. The van der Waals surface area contributed by atoms with Gasteiger partial charge in [-0.05, 0) is 54.3 Å². The first kappa shape index (κ1) is 16.5. The van der Waals surface area contributed by atoms with Gasteiger partial charge in [0.2, 0.25) is 0 Å². The second kappa shape index (κ2) is 7.91. The number of aromatic nitrogens is 1. The van der Waals surface area contributed by atoms with E-state index in [2.05, 4.69) is 31.5 Å². The number of pyridine rings is 1. The molecular weight excluding hydrogens is 344 g/mol. The van der Waals surface area contributed by atoms with Crippen LogP contribution in [0.4, 0.5) is 11.4 Å². The number of anilines is 2. The number of carbonyl (C=O) groups is 1. The first-order valence-corrected chi connectivity index (χ1v) is 7.76. The van der Waals surface area contributed by atoms with E-state index in [1.54, 1.807) is 12.3 Å². The summed E-state index contributed by atoms with van der Waals surface area (Å²) in [5, 5.41) is 6.12. The van der Waals surface area contributed by atoms with Gasteiger partial charge in [-0.3, -0.25) is 9.78 Å². The van der Waals surface area contributed by atoms with E-state index < -0.39 is 0 Å². The topological polar surface area (TPSA) is 57.3 Å². The maximum Gasteiger partial charge on any atom is 0.269 e. The fraction of sp³-hybridized carbons (Fsp3) is 0.250. The Hall–Kier alpha value is -1.92. The molecule has 6 heteroatoms. The summed E-state index contributed by atoms with van der Waals surface area (Å²) < 4.78 is 0.962. The molecule has 0 aliphatic carbocycles. The van der Waals surface area contributed by atoms with Crippen molar-refractivity contribution in [2.75, 3.05) is 32.5 Å². The molecule has 1 heterocycles. The number of hydrogen-bond acceptors (Lipinski definition) is 4. The molecule has 1 amide bonds. The third-order valence-electron chi connectivity index (χ3n) is 2.99. The Labute approximate surface area is 138 Å². The van der Waals surface area contributed by atoms with Crippen molar-refractivity contribution in [3.05, 3.63) is 52.8 Å². The SMILES string of the molecule is CN(C)CCNC(=O)c1cc(Nc2ccccc2Br)ccn1. The summed E-state index contributed by atoms with van der Waals surface area (Å²) in [6.07, 6.45) is 1.63. The van der Waals surface area contributed by atoms with Gasteiger partial charge in [-0.1, -0.05) is 12.1 Å². The second-order valence-corrected chi connectivity index (χ2v) is 5.95. The standard InChI is InChI=1S/C16H19BrN4O/c1-21(2)10-9-19-16(22)15-11-12(7-8-18-15)20-14-6-4-3-5-13(14)17/h3-8,11H,9-10H2,1-2H3,(H,18,20)(H,19,22). The molecule has 116 valence electrons. The molecule has 0 saturated carbocycles. The molecule has 0 spiro atoms. The molecule has 2 aromatic rings. The van der Waals surface area contributed by atoms with Crippen LogP contribution in [-0.2, 0) is 0 Å². The lowest BCUT2D eigenvalue weighted by Gasteiger charge is -2.11. The van der Waals surface area contributed by atoms with Gasteiger partial charge in [0.1, 0.15) is 5.69 Å². The van der Waals surface area contributed by atoms with Crippen LogP contribution >= 0.6 is 15.9 Å². The maximum atomic E-state index is 12.1. The number of rotatable bonds is 6. The highest BCUT2D eigenvalue weighted by Gasteiger charge is 2.08. The number of hydrogen-bond donors (Lipinski definition) is 2. The van der Waals surface area contributed by atoms with Crippen molar-refractivity contribution >= 4 is 33.2 Å². The largest absolute Gasteiger partial charge is 0.354 e. The molecule has 0 saturated heterocycles. The van der Waals surface area contributed by atoms with Gasteiger partial charge in [-0.15, -0.1) is 0 Å². The average Bonchev–Trinajstić information content (AvgIpc) is 2.49. The van der Waals surface area contributed by atoms with Crippen LogP contribution in [0.3, 0.4) is 0 Å². The Morgan fingerprint density at radius 2 is 2.05 bits per heavy atom. The number of nitrogens with zero attached hydrogens (tertiary/aromatic N) is 2. The number of amides is 1. The zero-order valence-corrected chi connectivity index (χ0v) is 14.2. The molecule has 0 bridgehead atoms. The summed E-state index contributed by atoms with van der Waals surface area (Å²) in [7, 11) is 3.93. The van der Waals surface area contributed by atoms with E-state index in [0.717, 1.165) is 22.4 Å². The molecule has 0 aliphatic heterocycles. The Morgan fingerprint density at radius 3 is 2.77 bits per heavy atom. The van der Waals surface area contributed by atoms with E-state index >= 15 is 0 Å². The fourth-order valence-corrected chi connectivity index (χ4v) is 2.22. The molecule has 0 atom stereocenters. The first-order valence-electron chi connectivity index (χ1n) is 6.97. The number of carbonyl (C=O) groups excluding carboxylic acids is 1. The van der Waals surface area contributed by atoms with Gasteiger partial charge < -0.3 is 15.5 Å². The Morgan fingerprint density at radius 1 is 1.27 bits per heavy atom. The molecule has 0 unspecified atom stereocenters. The lowest BCUT2D eigenvalue weighted by atomic mass is 10.2. The molecule has 2 N–H and O–H groups in total. The summed E-state index contributed by atoms with van der Waals surface area (Å²) in [6, 6.07) is 11.4. The van der Waals surface area contributed by atoms with E-state index in [9.17, 15) is 4.79 Å². The van der Waals surface area contributed by atoms with Crippen molar-refractivity contribution in [1.82, 2.24) is 15.2 Å². The lowest BCUT2D eigenvalue weighted by molar-refractivity contribution is 0.0946. The predicted octanol–water partition coefficient (Wildman–Crippen LogP) is 2.88. The minimum absolute atomic E-state index is 0.169. The number of para-hydroxylation sites is 1. The highest BCUT2D eigenvalue weighted by molar-refractivity contribution is 9.10. The van der Waals surface area contributed by atoms with E-state index in [0.29, 0.717) is 12.2 Å². The van der Waals surface area contributed by atoms with Gasteiger partial charge in [0.15, 0.2) is 0 Å². The van der Waals surface area contributed by atoms with Crippen LogP contribution in [0.25, 0.3) is 0 Å². The van der Waals surface area contributed by atoms with Gasteiger partial charge >= 0.3 is 0 Å². The highest BCUT2D eigenvalue weighted by atomic mass is 79.9. The van der Waals surface area contributed by atoms with Crippen molar-refractivity contribution in [3.8, 4) is 0 Å². The van der Waals surface area contributed by atoms with Crippen molar-refractivity contribution < 1.29 is 4.79 Å². The molecule has 2 rings (SSSR count). The summed E-state index contributed by atoms with van der Waals surface area (Å²) in [4.78, 5) is 18.2. The first-order chi connectivity index (χ1) is 10.6. The lowest BCUT2D eigenvalue weighted by Crippen LogP contribution is -2.31. The number of nitrogens with one attached hydrogen (secondary N) is 2. The van der Waals surface area contributed by atoms with Gasteiger partial charge in [0.05, 0.1) is 5.69 Å². The molecule has 22 heavy (non-hydrogen) atoms. The quantitative estimate of drug-likeness (QED) is 0.829. The Bertz CT molecular complexity index is 646. The van der Waals surface area contributed by atoms with Gasteiger partial charge in [-0.2, -0.15) is 0 Å². The molecule has 0 fully saturated rings. The van der Waals surface area contributed by atoms with Crippen molar-refractivity contribution in [2.24, 2.45) is 0 Å². The third-order valence-corrected chi connectivity index (χ3v) is 3.68. The molecular formula is C16H19BrN4O. The van der Waals surface area contributed by atoms with E-state index in [1.165, 1.54) is 0 Å². The summed E-state index contributed by atoms with van der Waals surface area (Å²) in [5.41, 5.74) is 2.16. The van der Waals surface area contributed by atoms with Gasteiger partial charge in [-0.25, -0.2) is 0 Å². The third kappa shape index (κ3) is 4.82. The maximum absolute atomic E-state index is 12.1. The molecule has 5 nitrogen and oxygen atoms in total. The van der Waals surface area contributed by atoms with Crippen LogP contribution in [0.5, 0.6) is 0 Å². The summed E-state index contributed by atoms with van der Waals surface area (Å²) in [5.74, 6) is -0.169. The fourth-order valence-electron chi connectivity index (χ4n) is 1.83. The Balaban J connectivity index is 2.03. The van der Waals surface area contributed by atoms with Gasteiger partial charge in [0, 0.05) is 29.4 Å². The molecule has 1 aromatic carbocycles. The van der Waals surface area contributed by atoms with Crippen molar-refractivity contribution in [2.45, 2.75) is 0 Å². The average molecular weight is 363 g/mol. The summed E-state index contributed by atoms with van der Waals surface area (Å²) in [6.45, 7) is 1.38. The Kier molecular flexibility index (Phi) is 5.91. The molecule has 0 aliphatic rings. The highest BCUT2D eigenvalue weighted by Crippen LogP contribution is 2.25. The minimum atomic E-state index is -0.169. The van der Waals surface area contributed by atoms with Crippen LogP contribution in [0.15, 0.2) is 47.1 Å². The molecule has 1 aromatic heterocycles. The van der Waals surface area contributed by atoms with E-state index in [4.69, 9.17) is 0 Å². The number of benzene rings is 1. The van der Waals surface area contributed by atoms with Crippen molar-refractivity contribution in [1.29, 1.82) is 0 Å². The monoisotopic (exact) mass is 362 g/mol.